The number of aromatic nitrogens is 3. The lowest BCUT2D eigenvalue weighted by atomic mass is 10.2. The van der Waals surface area contributed by atoms with E-state index in [-0.39, 0.29) is 0 Å². The van der Waals surface area contributed by atoms with Gasteiger partial charge in [0.15, 0.2) is 5.65 Å². The summed E-state index contributed by atoms with van der Waals surface area (Å²) in [6, 6.07) is 1.94. The van der Waals surface area contributed by atoms with Gasteiger partial charge in [-0.3, -0.25) is 0 Å². The van der Waals surface area contributed by atoms with E-state index < -0.39 is 0 Å². The molecule has 0 N–H and O–H groups in total. The molecule has 3 rings (SSSR count). The van der Waals surface area contributed by atoms with Gasteiger partial charge in [-0.15, -0.1) is 0 Å². The average Bonchev–Trinajstić information content (AvgIpc) is 2.99. The first-order valence-corrected chi connectivity index (χ1v) is 5.70. The summed E-state index contributed by atoms with van der Waals surface area (Å²) < 4.78 is 1.71. The molecule has 4 heteroatoms. The smallest absolute Gasteiger partial charge is 0.160 e. The number of halogens is 1. The Bertz CT molecular complexity index is 514. The summed E-state index contributed by atoms with van der Waals surface area (Å²) in [5, 5.41) is 4.90. The Labute approximate surface area is 93.1 Å². The van der Waals surface area contributed by atoms with Gasteiger partial charge in [0.05, 0.1) is 6.20 Å². The van der Waals surface area contributed by atoms with Crippen molar-refractivity contribution in [2.45, 2.75) is 32.1 Å². The fourth-order valence-electron chi connectivity index (χ4n) is 1.83. The van der Waals surface area contributed by atoms with Crippen LogP contribution in [0.4, 0.5) is 0 Å². The van der Waals surface area contributed by atoms with Gasteiger partial charge in [-0.1, -0.05) is 18.5 Å². The summed E-state index contributed by atoms with van der Waals surface area (Å²) in [6.45, 7) is 2.11. The number of rotatable bonds is 2. The van der Waals surface area contributed by atoms with Gasteiger partial charge in [0.25, 0.3) is 0 Å². The van der Waals surface area contributed by atoms with E-state index in [9.17, 15) is 0 Å². The summed E-state index contributed by atoms with van der Waals surface area (Å²) in [6.07, 6.45) is 5.29. The van der Waals surface area contributed by atoms with Gasteiger partial charge in [0.2, 0.25) is 0 Å². The van der Waals surface area contributed by atoms with Crippen molar-refractivity contribution in [1.82, 2.24) is 14.6 Å². The van der Waals surface area contributed by atoms with Crippen LogP contribution in [0.1, 0.15) is 36.9 Å². The lowest BCUT2D eigenvalue weighted by Crippen LogP contribution is -1.97. The molecule has 0 aromatic carbocycles. The molecule has 0 aliphatic heterocycles. The second-order valence-corrected chi connectivity index (χ2v) is 4.42. The predicted octanol–water partition coefficient (Wildman–Crippen LogP) is 2.82. The van der Waals surface area contributed by atoms with Crippen LogP contribution >= 0.6 is 11.6 Å². The third-order valence-electron chi connectivity index (χ3n) is 2.90. The molecule has 0 atom stereocenters. The van der Waals surface area contributed by atoms with Gasteiger partial charge in [-0.25, -0.2) is 9.50 Å². The van der Waals surface area contributed by atoms with Crippen molar-refractivity contribution in [3.8, 4) is 0 Å². The maximum atomic E-state index is 6.16. The van der Waals surface area contributed by atoms with Crippen molar-refractivity contribution in [3.05, 3.63) is 28.7 Å². The van der Waals surface area contributed by atoms with Crippen molar-refractivity contribution in [2.75, 3.05) is 0 Å². The van der Waals surface area contributed by atoms with Crippen LogP contribution in [0.3, 0.4) is 0 Å². The van der Waals surface area contributed by atoms with Gasteiger partial charge in [-0.2, -0.15) is 5.10 Å². The molecule has 2 aromatic rings. The lowest BCUT2D eigenvalue weighted by molar-refractivity contribution is 0.908. The third-order valence-corrected chi connectivity index (χ3v) is 3.17. The molecule has 0 bridgehead atoms. The minimum Gasteiger partial charge on any atom is -0.233 e. The van der Waals surface area contributed by atoms with Crippen molar-refractivity contribution < 1.29 is 0 Å². The van der Waals surface area contributed by atoms with Crippen LogP contribution in [0.2, 0.25) is 5.15 Å². The summed E-state index contributed by atoms with van der Waals surface area (Å²) in [5.74, 6) is 0.632. The van der Waals surface area contributed by atoms with Crippen molar-refractivity contribution in [1.29, 1.82) is 0 Å². The third kappa shape index (κ3) is 1.42. The van der Waals surface area contributed by atoms with E-state index in [0.29, 0.717) is 11.1 Å². The Morgan fingerprint density at radius 3 is 3.00 bits per heavy atom. The van der Waals surface area contributed by atoms with Crippen LogP contribution in [0.5, 0.6) is 0 Å². The van der Waals surface area contributed by atoms with Gasteiger partial charge >= 0.3 is 0 Å². The molecule has 0 amide bonds. The molecule has 1 aliphatic carbocycles. The zero-order chi connectivity index (χ0) is 10.4. The first-order chi connectivity index (χ1) is 7.29. The molecule has 0 unspecified atom stereocenters. The SMILES string of the molecule is CCc1cnn2c(Cl)cc(C3CC3)nc12. The molecule has 2 heterocycles. The molecule has 0 spiro atoms. The molecular weight excluding hydrogens is 210 g/mol. The fourth-order valence-corrected chi connectivity index (χ4v) is 2.06. The van der Waals surface area contributed by atoms with Crippen LogP contribution in [-0.4, -0.2) is 14.6 Å². The number of hydrogen-bond donors (Lipinski definition) is 0. The molecule has 1 fully saturated rings. The van der Waals surface area contributed by atoms with Crippen LogP contribution in [0, 0.1) is 0 Å². The standard InChI is InChI=1S/C11H12ClN3/c1-2-7-6-13-15-10(12)5-9(8-3-4-8)14-11(7)15/h5-6,8H,2-4H2,1H3. The Morgan fingerprint density at radius 2 is 2.33 bits per heavy atom. The molecule has 2 aromatic heterocycles. The van der Waals surface area contributed by atoms with Crippen molar-refractivity contribution >= 4 is 17.2 Å². The lowest BCUT2D eigenvalue weighted by Gasteiger charge is -2.02. The maximum Gasteiger partial charge on any atom is 0.160 e. The summed E-state index contributed by atoms with van der Waals surface area (Å²) in [5.41, 5.74) is 3.22. The Morgan fingerprint density at radius 1 is 1.53 bits per heavy atom. The molecule has 3 nitrogen and oxygen atoms in total. The minimum absolute atomic E-state index is 0.632. The second-order valence-electron chi connectivity index (χ2n) is 4.04. The Hall–Kier alpha value is -1.09. The highest BCUT2D eigenvalue weighted by molar-refractivity contribution is 6.29. The zero-order valence-electron chi connectivity index (χ0n) is 8.57. The molecular formula is C11H12ClN3. The number of nitrogens with zero attached hydrogens (tertiary/aromatic N) is 3. The molecule has 1 aliphatic rings. The van der Waals surface area contributed by atoms with Crippen molar-refractivity contribution in [2.24, 2.45) is 0 Å². The van der Waals surface area contributed by atoms with Gasteiger partial charge < -0.3 is 0 Å². The van der Waals surface area contributed by atoms with Crippen LogP contribution < -0.4 is 0 Å². The highest BCUT2D eigenvalue weighted by Crippen LogP contribution is 2.39. The van der Waals surface area contributed by atoms with Gasteiger partial charge in [0.1, 0.15) is 5.15 Å². The van der Waals surface area contributed by atoms with Crippen LogP contribution in [0.15, 0.2) is 12.3 Å². The first kappa shape index (κ1) is 9.16. The quantitative estimate of drug-likeness (QED) is 0.730. The molecule has 1 saturated carbocycles. The van der Waals surface area contributed by atoms with Crippen LogP contribution in [-0.2, 0) is 6.42 Å². The normalized spacial score (nSPS) is 16.1. The monoisotopic (exact) mass is 221 g/mol. The Balaban J connectivity index is 2.25. The van der Waals surface area contributed by atoms with E-state index in [2.05, 4.69) is 17.0 Å². The number of hydrogen-bond acceptors (Lipinski definition) is 2. The highest BCUT2D eigenvalue weighted by atomic mass is 35.5. The summed E-state index contributed by atoms with van der Waals surface area (Å²) in [4.78, 5) is 4.64. The Kier molecular flexibility index (Phi) is 1.96. The largest absolute Gasteiger partial charge is 0.233 e. The minimum atomic E-state index is 0.632. The predicted molar refractivity (Wildman–Crippen MR) is 59.4 cm³/mol. The van der Waals surface area contributed by atoms with E-state index >= 15 is 0 Å². The molecule has 78 valence electrons. The fraction of sp³-hybridized carbons (Fsp3) is 0.455. The first-order valence-electron chi connectivity index (χ1n) is 5.32. The number of fused-ring (bicyclic) bond motifs is 1. The van der Waals surface area contributed by atoms with E-state index in [1.807, 2.05) is 12.3 Å². The molecule has 0 saturated heterocycles. The number of aryl methyl sites for hydroxylation is 1. The summed E-state index contributed by atoms with van der Waals surface area (Å²) in [7, 11) is 0. The molecule has 15 heavy (non-hydrogen) atoms. The maximum absolute atomic E-state index is 6.16. The van der Waals surface area contributed by atoms with Gasteiger partial charge in [0, 0.05) is 17.2 Å². The van der Waals surface area contributed by atoms with Crippen molar-refractivity contribution in [3.63, 3.8) is 0 Å². The average molecular weight is 222 g/mol. The van der Waals surface area contributed by atoms with Crippen LogP contribution in [0.25, 0.3) is 5.65 Å². The zero-order valence-corrected chi connectivity index (χ0v) is 9.33. The topological polar surface area (TPSA) is 30.2 Å². The second kappa shape index (κ2) is 3.20. The molecule has 0 radical (unpaired) electrons. The van der Waals surface area contributed by atoms with E-state index in [4.69, 9.17) is 11.6 Å². The van der Waals surface area contributed by atoms with Gasteiger partial charge in [-0.05, 0) is 25.3 Å². The van der Waals surface area contributed by atoms with E-state index in [1.54, 1.807) is 4.52 Å². The summed E-state index contributed by atoms with van der Waals surface area (Å²) >= 11 is 6.16. The van der Waals surface area contributed by atoms with E-state index in [0.717, 1.165) is 17.8 Å². The highest BCUT2D eigenvalue weighted by Gasteiger charge is 2.26. The van der Waals surface area contributed by atoms with E-state index in [1.165, 1.54) is 18.4 Å².